The number of carbonyl (C=O) groups is 2. The minimum Gasteiger partial charge on any atom is -0.326 e. The van der Waals surface area contributed by atoms with Crippen molar-refractivity contribution >= 4 is 67.6 Å². The fourth-order valence-corrected chi connectivity index (χ4v) is 5.88. The van der Waals surface area contributed by atoms with E-state index in [-0.39, 0.29) is 11.8 Å². The molecule has 8 heteroatoms. The SMILES string of the molecule is CC(=O)Nc1ccc(/C=C2\SC(=S)N(/C=C(/c3ccccc3)[S@@](=O)Cc3ccccc3)C2=O)cc1. The Morgan fingerprint density at radius 1 is 1.00 bits per heavy atom. The third-order valence-corrected chi connectivity index (χ3v) is 7.80. The maximum absolute atomic E-state index is 13.4. The number of carbonyl (C=O) groups excluding carboxylic acids is 2. The van der Waals surface area contributed by atoms with Gasteiger partial charge >= 0.3 is 0 Å². The Balaban J connectivity index is 1.61. The van der Waals surface area contributed by atoms with Crippen LogP contribution in [0.2, 0.25) is 0 Å². The lowest BCUT2D eigenvalue weighted by atomic mass is 10.2. The molecule has 0 saturated carbocycles. The summed E-state index contributed by atoms with van der Waals surface area (Å²) in [6.45, 7) is 1.45. The average Bonchev–Trinajstić information content (AvgIpc) is 3.11. The molecule has 4 rings (SSSR count). The van der Waals surface area contributed by atoms with Crippen LogP contribution in [0.4, 0.5) is 5.69 Å². The highest BCUT2D eigenvalue weighted by Crippen LogP contribution is 2.35. The second-order valence-electron chi connectivity index (χ2n) is 7.69. The van der Waals surface area contributed by atoms with E-state index < -0.39 is 10.8 Å². The lowest BCUT2D eigenvalue weighted by Crippen LogP contribution is -2.22. The zero-order valence-corrected chi connectivity index (χ0v) is 21.3. The van der Waals surface area contributed by atoms with Crippen LogP contribution in [0.3, 0.4) is 0 Å². The number of hydrogen-bond donors (Lipinski definition) is 1. The molecule has 1 fully saturated rings. The van der Waals surface area contributed by atoms with Crippen molar-refractivity contribution in [2.24, 2.45) is 0 Å². The standard InChI is InChI=1S/C27H22N2O3S3/c1-19(30)28-23-14-12-20(13-15-23)16-24-26(31)29(27(33)34-24)17-25(22-10-6-3-7-11-22)35(32)18-21-8-4-2-5-9-21/h2-17H,18H2,1H3,(H,28,30)/b24-16-,25-17-/t35-/m0/s1. The van der Waals surface area contributed by atoms with Crippen molar-refractivity contribution < 1.29 is 13.8 Å². The monoisotopic (exact) mass is 518 g/mol. The third-order valence-electron chi connectivity index (χ3n) is 5.04. The van der Waals surface area contributed by atoms with E-state index in [1.165, 1.54) is 23.6 Å². The molecule has 3 aromatic rings. The van der Waals surface area contributed by atoms with E-state index in [1.807, 2.05) is 72.8 Å². The molecule has 35 heavy (non-hydrogen) atoms. The molecular weight excluding hydrogens is 497 g/mol. The largest absolute Gasteiger partial charge is 0.326 e. The summed E-state index contributed by atoms with van der Waals surface area (Å²) in [4.78, 5) is 26.8. The molecule has 1 atom stereocenters. The van der Waals surface area contributed by atoms with Gasteiger partial charge in [0.15, 0.2) is 4.32 Å². The molecule has 0 unspecified atom stereocenters. The highest BCUT2D eigenvalue weighted by molar-refractivity contribution is 8.26. The number of thiocarbonyl (C=S) groups is 1. The summed E-state index contributed by atoms with van der Waals surface area (Å²) in [5.41, 5.74) is 3.20. The van der Waals surface area contributed by atoms with Crippen LogP contribution in [0.25, 0.3) is 11.0 Å². The van der Waals surface area contributed by atoms with Gasteiger partial charge in [-0.3, -0.25) is 18.7 Å². The number of nitrogens with zero attached hydrogens (tertiary/aromatic N) is 1. The third kappa shape index (κ3) is 6.42. The van der Waals surface area contributed by atoms with E-state index in [2.05, 4.69) is 5.32 Å². The summed E-state index contributed by atoms with van der Waals surface area (Å²) in [5.74, 6) is -0.0901. The van der Waals surface area contributed by atoms with E-state index in [0.717, 1.165) is 16.7 Å². The Bertz CT molecular complexity index is 1340. The molecule has 1 saturated heterocycles. The number of nitrogens with one attached hydrogen (secondary N) is 1. The van der Waals surface area contributed by atoms with Gasteiger partial charge < -0.3 is 5.32 Å². The minimum absolute atomic E-state index is 0.149. The van der Waals surface area contributed by atoms with Gasteiger partial charge in [-0.1, -0.05) is 96.8 Å². The Hall–Kier alpha value is -3.33. The topological polar surface area (TPSA) is 66.5 Å². The molecule has 0 bridgehead atoms. The number of hydrogen-bond acceptors (Lipinski definition) is 5. The van der Waals surface area contributed by atoms with Crippen molar-refractivity contribution in [2.45, 2.75) is 12.7 Å². The first-order valence-corrected chi connectivity index (χ1v) is 13.3. The average molecular weight is 519 g/mol. The van der Waals surface area contributed by atoms with Gasteiger partial charge in [-0.05, 0) is 34.9 Å². The summed E-state index contributed by atoms with van der Waals surface area (Å²) < 4.78 is 13.8. The highest BCUT2D eigenvalue weighted by Gasteiger charge is 2.32. The Kier molecular flexibility index (Phi) is 8.07. The zero-order chi connectivity index (χ0) is 24.8. The van der Waals surface area contributed by atoms with Crippen LogP contribution in [-0.2, 0) is 26.1 Å². The van der Waals surface area contributed by atoms with Crippen molar-refractivity contribution in [1.82, 2.24) is 4.90 Å². The number of rotatable bonds is 7. The molecule has 0 radical (unpaired) electrons. The normalized spacial score (nSPS) is 16.0. The Labute approximate surface area is 216 Å². The van der Waals surface area contributed by atoms with E-state index in [1.54, 1.807) is 24.4 Å². The zero-order valence-electron chi connectivity index (χ0n) is 18.8. The van der Waals surface area contributed by atoms with Crippen molar-refractivity contribution in [2.75, 3.05) is 5.32 Å². The fourth-order valence-electron chi connectivity index (χ4n) is 3.40. The van der Waals surface area contributed by atoms with Gasteiger partial charge in [-0.25, -0.2) is 0 Å². The fraction of sp³-hybridized carbons (Fsp3) is 0.0741. The molecule has 5 nitrogen and oxygen atoms in total. The van der Waals surface area contributed by atoms with Gasteiger partial charge in [-0.15, -0.1) is 0 Å². The predicted molar refractivity (Wildman–Crippen MR) is 148 cm³/mol. The van der Waals surface area contributed by atoms with E-state index in [0.29, 0.717) is 25.6 Å². The summed E-state index contributed by atoms with van der Waals surface area (Å²) in [7, 11) is -1.40. The van der Waals surface area contributed by atoms with E-state index >= 15 is 0 Å². The first-order chi connectivity index (χ1) is 16.9. The minimum atomic E-state index is -1.40. The lowest BCUT2D eigenvalue weighted by molar-refractivity contribution is -0.120. The van der Waals surface area contributed by atoms with Gasteiger partial charge in [0.05, 0.1) is 26.4 Å². The molecule has 1 heterocycles. The van der Waals surface area contributed by atoms with Gasteiger partial charge in [0.25, 0.3) is 5.91 Å². The van der Waals surface area contributed by atoms with Gasteiger partial charge in [-0.2, -0.15) is 0 Å². The molecule has 2 amide bonds. The van der Waals surface area contributed by atoms with Crippen LogP contribution >= 0.6 is 24.0 Å². The molecule has 3 aromatic carbocycles. The Morgan fingerprint density at radius 2 is 1.63 bits per heavy atom. The predicted octanol–water partition coefficient (Wildman–Crippen LogP) is 5.79. The summed E-state index contributed by atoms with van der Waals surface area (Å²) in [6, 6.07) is 26.2. The number of anilines is 1. The van der Waals surface area contributed by atoms with Crippen LogP contribution in [-0.4, -0.2) is 25.2 Å². The van der Waals surface area contributed by atoms with Crippen LogP contribution in [0.5, 0.6) is 0 Å². The molecular formula is C27H22N2O3S3. The van der Waals surface area contributed by atoms with Crippen LogP contribution in [0, 0.1) is 0 Å². The van der Waals surface area contributed by atoms with Crippen molar-refractivity contribution in [3.63, 3.8) is 0 Å². The smallest absolute Gasteiger partial charge is 0.270 e. The van der Waals surface area contributed by atoms with E-state index in [4.69, 9.17) is 12.2 Å². The summed E-state index contributed by atoms with van der Waals surface area (Å²) in [5, 5.41) is 2.72. The maximum Gasteiger partial charge on any atom is 0.270 e. The van der Waals surface area contributed by atoms with Crippen molar-refractivity contribution in [3.05, 3.63) is 113 Å². The highest BCUT2D eigenvalue weighted by atomic mass is 32.2. The molecule has 0 aliphatic carbocycles. The van der Waals surface area contributed by atoms with Crippen molar-refractivity contribution in [1.29, 1.82) is 0 Å². The van der Waals surface area contributed by atoms with Crippen LogP contribution in [0.1, 0.15) is 23.6 Å². The summed E-state index contributed by atoms with van der Waals surface area (Å²) >= 11 is 6.70. The molecule has 1 N–H and O–H groups in total. The van der Waals surface area contributed by atoms with Gasteiger partial charge in [0.2, 0.25) is 5.91 Å². The summed E-state index contributed by atoms with van der Waals surface area (Å²) in [6.07, 6.45) is 3.36. The van der Waals surface area contributed by atoms with Crippen LogP contribution < -0.4 is 5.32 Å². The first kappa shape index (κ1) is 24.8. The van der Waals surface area contributed by atoms with Gasteiger partial charge in [0, 0.05) is 18.8 Å². The number of benzene rings is 3. The second-order valence-corrected chi connectivity index (χ2v) is 10.8. The van der Waals surface area contributed by atoms with Crippen molar-refractivity contribution in [3.8, 4) is 0 Å². The number of thioether (sulfide) groups is 1. The van der Waals surface area contributed by atoms with Gasteiger partial charge in [0.1, 0.15) is 0 Å². The Morgan fingerprint density at radius 3 is 2.26 bits per heavy atom. The lowest BCUT2D eigenvalue weighted by Gasteiger charge is -2.14. The quantitative estimate of drug-likeness (QED) is 0.317. The molecule has 0 aromatic heterocycles. The molecule has 1 aliphatic heterocycles. The van der Waals surface area contributed by atoms with Crippen LogP contribution in [0.15, 0.2) is 96.0 Å². The maximum atomic E-state index is 13.4. The molecule has 0 spiro atoms. The van der Waals surface area contributed by atoms with E-state index in [9.17, 15) is 13.8 Å². The molecule has 1 aliphatic rings. The number of amides is 2. The first-order valence-electron chi connectivity index (χ1n) is 10.7. The second kappa shape index (κ2) is 11.4. The molecule has 176 valence electrons.